The van der Waals surface area contributed by atoms with Gasteiger partial charge in [-0.3, -0.25) is 14.6 Å². The molecular weight excluding hydrogens is 478 g/mol. The summed E-state index contributed by atoms with van der Waals surface area (Å²) in [6, 6.07) is 20.0. The van der Waals surface area contributed by atoms with Gasteiger partial charge in [-0.05, 0) is 25.0 Å². The van der Waals surface area contributed by atoms with E-state index in [2.05, 4.69) is 44.4 Å². The summed E-state index contributed by atoms with van der Waals surface area (Å²) in [6.45, 7) is 5.00. The summed E-state index contributed by atoms with van der Waals surface area (Å²) in [5.74, 6) is 1.93. The zero-order chi connectivity index (χ0) is 26.2. The SMILES string of the molecule is Cc1ncc(C)n2nc(CCc3nc(N4CCN(C(c5ccccc5)c5ccccc5)C4=O)nn3C)nc12. The van der Waals surface area contributed by atoms with E-state index in [4.69, 9.17) is 4.98 Å². The van der Waals surface area contributed by atoms with E-state index in [1.54, 1.807) is 15.8 Å². The molecule has 0 atom stereocenters. The third-order valence-electron chi connectivity index (χ3n) is 6.99. The molecule has 2 amide bonds. The van der Waals surface area contributed by atoms with E-state index in [9.17, 15) is 4.79 Å². The molecule has 1 aliphatic heterocycles. The second-order valence-electron chi connectivity index (χ2n) is 9.55. The first kappa shape index (κ1) is 23.8. The Hall–Kier alpha value is -4.60. The van der Waals surface area contributed by atoms with Gasteiger partial charge in [0.25, 0.3) is 5.95 Å². The predicted molar refractivity (Wildman–Crippen MR) is 143 cm³/mol. The second-order valence-corrected chi connectivity index (χ2v) is 9.55. The number of carbonyl (C=O) groups is 1. The molecule has 6 rings (SSSR count). The molecule has 5 aromatic rings. The van der Waals surface area contributed by atoms with E-state index in [0.29, 0.717) is 31.9 Å². The van der Waals surface area contributed by atoms with Crippen LogP contribution in [0.15, 0.2) is 66.9 Å². The summed E-state index contributed by atoms with van der Waals surface area (Å²) in [7, 11) is 1.86. The number of rotatable bonds is 7. The van der Waals surface area contributed by atoms with Crippen molar-refractivity contribution in [2.24, 2.45) is 7.05 Å². The van der Waals surface area contributed by atoms with Gasteiger partial charge in [0, 0.05) is 39.2 Å². The molecule has 10 heteroatoms. The monoisotopic (exact) mass is 507 g/mol. The Kier molecular flexibility index (Phi) is 6.07. The van der Waals surface area contributed by atoms with Crippen LogP contribution in [0.1, 0.15) is 40.2 Å². The Balaban J connectivity index is 1.22. The number of fused-ring (bicyclic) bond motifs is 1. The van der Waals surface area contributed by atoms with Crippen molar-refractivity contribution >= 4 is 17.6 Å². The van der Waals surface area contributed by atoms with Gasteiger partial charge in [-0.1, -0.05) is 60.7 Å². The summed E-state index contributed by atoms with van der Waals surface area (Å²) in [5, 5.41) is 9.23. The summed E-state index contributed by atoms with van der Waals surface area (Å²) >= 11 is 0. The number of urea groups is 1. The second kappa shape index (κ2) is 9.70. The van der Waals surface area contributed by atoms with Crippen LogP contribution >= 0.6 is 0 Å². The molecule has 0 aliphatic carbocycles. The van der Waals surface area contributed by atoms with E-state index >= 15 is 0 Å². The molecule has 38 heavy (non-hydrogen) atoms. The summed E-state index contributed by atoms with van der Waals surface area (Å²) < 4.78 is 3.57. The van der Waals surface area contributed by atoms with Crippen LogP contribution in [-0.4, -0.2) is 58.4 Å². The zero-order valence-electron chi connectivity index (χ0n) is 21.7. The number of amides is 2. The van der Waals surface area contributed by atoms with Gasteiger partial charge in [-0.2, -0.15) is 10.1 Å². The normalized spacial score (nSPS) is 13.8. The Labute approximate surface area is 220 Å². The van der Waals surface area contributed by atoms with Crippen molar-refractivity contribution in [3.8, 4) is 0 Å². The Morgan fingerprint density at radius 1 is 0.868 bits per heavy atom. The van der Waals surface area contributed by atoms with Crippen molar-refractivity contribution in [2.45, 2.75) is 32.7 Å². The molecule has 0 spiro atoms. The number of nitrogens with zero attached hydrogens (tertiary/aromatic N) is 9. The van der Waals surface area contributed by atoms with Crippen molar-refractivity contribution in [1.29, 1.82) is 0 Å². The number of carbonyl (C=O) groups excluding carboxylic acids is 1. The van der Waals surface area contributed by atoms with Crippen molar-refractivity contribution in [1.82, 2.24) is 39.2 Å². The van der Waals surface area contributed by atoms with Crippen LogP contribution in [0.5, 0.6) is 0 Å². The highest BCUT2D eigenvalue weighted by atomic mass is 16.2. The average molecular weight is 508 g/mol. The average Bonchev–Trinajstić information content (AvgIpc) is 3.64. The van der Waals surface area contributed by atoms with Crippen LogP contribution < -0.4 is 4.90 Å². The minimum Gasteiger partial charge on any atom is -0.311 e. The van der Waals surface area contributed by atoms with Crippen molar-refractivity contribution in [3.05, 3.63) is 101 Å². The Bertz CT molecular complexity index is 1510. The van der Waals surface area contributed by atoms with Gasteiger partial charge in [-0.25, -0.2) is 14.3 Å². The molecule has 10 nitrogen and oxygen atoms in total. The first-order chi connectivity index (χ1) is 18.5. The molecule has 0 unspecified atom stereocenters. The van der Waals surface area contributed by atoms with Crippen molar-refractivity contribution < 1.29 is 4.79 Å². The van der Waals surface area contributed by atoms with Crippen LogP contribution in [0, 0.1) is 13.8 Å². The number of benzene rings is 2. The van der Waals surface area contributed by atoms with Gasteiger partial charge in [0.05, 0.1) is 17.4 Å². The minimum atomic E-state index is -0.180. The van der Waals surface area contributed by atoms with E-state index in [0.717, 1.165) is 39.8 Å². The van der Waals surface area contributed by atoms with E-state index in [1.165, 1.54) is 0 Å². The minimum absolute atomic E-state index is 0.0969. The van der Waals surface area contributed by atoms with Crippen molar-refractivity contribution in [2.75, 3.05) is 18.0 Å². The molecule has 1 saturated heterocycles. The summed E-state index contributed by atoms with van der Waals surface area (Å²) in [5.41, 5.74) is 4.70. The molecule has 192 valence electrons. The lowest BCUT2D eigenvalue weighted by atomic mass is 9.97. The van der Waals surface area contributed by atoms with Gasteiger partial charge in [0.1, 0.15) is 5.82 Å². The number of hydrogen-bond donors (Lipinski definition) is 0. The molecule has 3 aromatic heterocycles. The Morgan fingerprint density at radius 3 is 2.21 bits per heavy atom. The molecule has 4 heterocycles. The van der Waals surface area contributed by atoms with Crippen LogP contribution in [0.2, 0.25) is 0 Å². The van der Waals surface area contributed by atoms with Crippen LogP contribution in [0.3, 0.4) is 0 Å². The van der Waals surface area contributed by atoms with Gasteiger partial charge >= 0.3 is 6.03 Å². The summed E-state index contributed by atoms with van der Waals surface area (Å²) in [6.07, 6.45) is 3.01. The molecular formula is C28H29N9O. The standard InChI is InChI=1S/C28H29N9O/c1-19-18-29-20(2)26-30-23(32-37(19)26)14-15-24-31-27(33-34(24)3)36-17-16-35(28(36)38)25(21-10-6-4-7-11-21)22-12-8-5-9-13-22/h4-13,18,25H,14-17H2,1-3H3. The topological polar surface area (TPSA) is 97.3 Å². The molecule has 0 radical (unpaired) electrons. The molecule has 2 aromatic carbocycles. The third kappa shape index (κ3) is 4.27. The lowest BCUT2D eigenvalue weighted by Crippen LogP contribution is -2.35. The van der Waals surface area contributed by atoms with E-state index in [1.807, 2.05) is 66.7 Å². The maximum Gasteiger partial charge on any atom is 0.327 e. The van der Waals surface area contributed by atoms with E-state index in [-0.39, 0.29) is 12.1 Å². The number of hydrogen-bond acceptors (Lipinski definition) is 6. The first-order valence-corrected chi connectivity index (χ1v) is 12.8. The van der Waals surface area contributed by atoms with Crippen LogP contribution in [0.25, 0.3) is 5.65 Å². The fourth-order valence-electron chi connectivity index (χ4n) is 5.00. The zero-order valence-corrected chi connectivity index (χ0v) is 21.7. The van der Waals surface area contributed by atoms with Crippen LogP contribution in [-0.2, 0) is 19.9 Å². The lowest BCUT2D eigenvalue weighted by molar-refractivity contribution is 0.209. The molecule has 0 N–H and O–H groups in total. The maximum atomic E-state index is 13.7. The highest BCUT2D eigenvalue weighted by molar-refractivity contribution is 5.93. The van der Waals surface area contributed by atoms with Crippen LogP contribution in [0.4, 0.5) is 10.7 Å². The fraction of sp³-hybridized carbons (Fsp3) is 0.286. The van der Waals surface area contributed by atoms with Gasteiger partial charge in [0.15, 0.2) is 11.5 Å². The smallest absolute Gasteiger partial charge is 0.311 e. The number of anilines is 1. The highest BCUT2D eigenvalue weighted by Crippen LogP contribution is 2.32. The van der Waals surface area contributed by atoms with E-state index < -0.39 is 0 Å². The van der Waals surface area contributed by atoms with Gasteiger partial charge < -0.3 is 4.90 Å². The fourth-order valence-corrected chi connectivity index (χ4v) is 5.00. The molecule has 1 aliphatic rings. The quantitative estimate of drug-likeness (QED) is 0.333. The van der Waals surface area contributed by atoms with Crippen molar-refractivity contribution in [3.63, 3.8) is 0 Å². The molecule has 1 fully saturated rings. The highest BCUT2D eigenvalue weighted by Gasteiger charge is 2.37. The lowest BCUT2D eigenvalue weighted by Gasteiger charge is -2.28. The first-order valence-electron chi connectivity index (χ1n) is 12.8. The maximum absolute atomic E-state index is 13.7. The number of aromatic nitrogens is 7. The predicted octanol–water partition coefficient (Wildman–Crippen LogP) is 3.69. The number of aryl methyl sites for hydroxylation is 5. The molecule has 0 bridgehead atoms. The molecule has 0 saturated carbocycles. The third-order valence-corrected chi connectivity index (χ3v) is 6.99. The largest absolute Gasteiger partial charge is 0.327 e. The Morgan fingerprint density at radius 2 is 1.55 bits per heavy atom. The van der Waals surface area contributed by atoms with Gasteiger partial charge in [-0.15, -0.1) is 5.10 Å². The summed E-state index contributed by atoms with van der Waals surface area (Å²) in [4.78, 5) is 31.0. The van der Waals surface area contributed by atoms with Gasteiger partial charge in [0.2, 0.25) is 0 Å².